The lowest BCUT2D eigenvalue weighted by atomic mass is 10.2. The van der Waals surface area contributed by atoms with E-state index >= 15 is 0 Å². The first-order valence-electron chi connectivity index (χ1n) is 5.15. The van der Waals surface area contributed by atoms with E-state index < -0.39 is 0 Å². The second-order valence-corrected chi connectivity index (χ2v) is 4.44. The van der Waals surface area contributed by atoms with Gasteiger partial charge in [-0.15, -0.1) is 0 Å². The molecule has 16 heavy (non-hydrogen) atoms. The van der Waals surface area contributed by atoms with Gasteiger partial charge in [-0.3, -0.25) is 4.79 Å². The molecule has 0 aliphatic heterocycles. The van der Waals surface area contributed by atoms with Crippen molar-refractivity contribution in [2.24, 2.45) is 0 Å². The summed E-state index contributed by atoms with van der Waals surface area (Å²) in [7, 11) is 1.58. The Labute approximate surface area is 101 Å². The van der Waals surface area contributed by atoms with E-state index in [4.69, 9.17) is 14.6 Å². The van der Waals surface area contributed by atoms with E-state index in [0.717, 1.165) is 0 Å². The molecule has 0 heterocycles. The molecule has 0 aromatic heterocycles. The Morgan fingerprint density at radius 1 is 1.50 bits per heavy atom. The highest BCUT2D eigenvalue weighted by molar-refractivity contribution is 7.99. The molecule has 1 amide bonds. The third-order valence-electron chi connectivity index (χ3n) is 2.09. The molecule has 0 aromatic rings. The number of amides is 1. The van der Waals surface area contributed by atoms with Gasteiger partial charge in [0, 0.05) is 18.4 Å². The SMILES string of the molecule is COCCOCC(=O)NC(C)C(CO)SC. The minimum Gasteiger partial charge on any atom is -0.395 e. The molecule has 5 nitrogen and oxygen atoms in total. The van der Waals surface area contributed by atoms with E-state index in [1.807, 2.05) is 13.2 Å². The van der Waals surface area contributed by atoms with Crippen LogP contribution in [0.4, 0.5) is 0 Å². The van der Waals surface area contributed by atoms with Crippen molar-refractivity contribution in [1.82, 2.24) is 5.32 Å². The molecule has 2 atom stereocenters. The summed E-state index contributed by atoms with van der Waals surface area (Å²) in [5.74, 6) is -0.170. The highest BCUT2D eigenvalue weighted by Crippen LogP contribution is 2.09. The summed E-state index contributed by atoms with van der Waals surface area (Å²) in [5.41, 5.74) is 0. The van der Waals surface area contributed by atoms with Gasteiger partial charge in [0.15, 0.2) is 0 Å². The van der Waals surface area contributed by atoms with E-state index in [9.17, 15) is 4.79 Å². The van der Waals surface area contributed by atoms with Gasteiger partial charge in [0.1, 0.15) is 6.61 Å². The predicted octanol–water partition coefficient (Wildman–Crippen LogP) is -0.122. The molecule has 0 fully saturated rings. The van der Waals surface area contributed by atoms with E-state index in [2.05, 4.69) is 5.32 Å². The van der Waals surface area contributed by atoms with Crippen molar-refractivity contribution in [3.63, 3.8) is 0 Å². The molecule has 0 bridgehead atoms. The Hall–Kier alpha value is -0.300. The molecular formula is C10H21NO4S. The smallest absolute Gasteiger partial charge is 0.246 e. The van der Waals surface area contributed by atoms with Gasteiger partial charge in [0.05, 0.1) is 19.8 Å². The van der Waals surface area contributed by atoms with Crippen LogP contribution in [-0.2, 0) is 14.3 Å². The van der Waals surface area contributed by atoms with Crippen molar-refractivity contribution in [3.05, 3.63) is 0 Å². The molecule has 0 saturated carbocycles. The normalized spacial score (nSPS) is 14.5. The lowest BCUT2D eigenvalue weighted by Crippen LogP contribution is -2.42. The molecule has 0 rings (SSSR count). The van der Waals surface area contributed by atoms with Crippen LogP contribution in [0.25, 0.3) is 0 Å². The maximum atomic E-state index is 11.4. The summed E-state index contributed by atoms with van der Waals surface area (Å²) < 4.78 is 9.86. The van der Waals surface area contributed by atoms with Gasteiger partial charge < -0.3 is 19.9 Å². The van der Waals surface area contributed by atoms with Crippen LogP contribution >= 0.6 is 11.8 Å². The van der Waals surface area contributed by atoms with E-state index in [0.29, 0.717) is 13.2 Å². The van der Waals surface area contributed by atoms with Gasteiger partial charge in [-0.25, -0.2) is 0 Å². The highest BCUT2D eigenvalue weighted by Gasteiger charge is 2.16. The molecule has 0 aromatic carbocycles. The number of nitrogens with one attached hydrogen (secondary N) is 1. The molecule has 0 radical (unpaired) electrons. The molecule has 0 saturated heterocycles. The topological polar surface area (TPSA) is 67.8 Å². The minimum absolute atomic E-state index is 0.0166. The van der Waals surface area contributed by atoms with Gasteiger partial charge in [0.25, 0.3) is 0 Å². The average molecular weight is 251 g/mol. The maximum absolute atomic E-state index is 11.4. The van der Waals surface area contributed by atoms with Crippen LogP contribution in [0.3, 0.4) is 0 Å². The first-order chi connectivity index (χ1) is 7.65. The van der Waals surface area contributed by atoms with Crippen molar-refractivity contribution < 1.29 is 19.4 Å². The van der Waals surface area contributed by atoms with Crippen molar-refractivity contribution in [3.8, 4) is 0 Å². The number of hydrogen-bond acceptors (Lipinski definition) is 5. The number of carbonyl (C=O) groups excluding carboxylic acids is 1. The number of aliphatic hydroxyl groups excluding tert-OH is 1. The van der Waals surface area contributed by atoms with E-state index in [1.54, 1.807) is 7.11 Å². The van der Waals surface area contributed by atoms with Gasteiger partial charge in [-0.1, -0.05) is 0 Å². The fraction of sp³-hybridized carbons (Fsp3) is 0.900. The lowest BCUT2D eigenvalue weighted by Gasteiger charge is -2.21. The summed E-state index contributed by atoms with van der Waals surface area (Å²) in [6.07, 6.45) is 1.90. The summed E-state index contributed by atoms with van der Waals surface area (Å²) in [5, 5.41) is 11.8. The highest BCUT2D eigenvalue weighted by atomic mass is 32.2. The average Bonchev–Trinajstić information content (AvgIpc) is 2.26. The van der Waals surface area contributed by atoms with Crippen LogP contribution in [0.5, 0.6) is 0 Å². The van der Waals surface area contributed by atoms with Crippen LogP contribution in [0.2, 0.25) is 0 Å². The van der Waals surface area contributed by atoms with Crippen LogP contribution in [0.15, 0.2) is 0 Å². The summed E-state index contributed by atoms with van der Waals surface area (Å²) in [6, 6.07) is -0.0708. The Morgan fingerprint density at radius 2 is 2.19 bits per heavy atom. The largest absolute Gasteiger partial charge is 0.395 e. The standard InChI is InChI=1S/C10H21NO4S/c1-8(9(6-12)16-3)11-10(13)7-15-5-4-14-2/h8-9,12H,4-7H2,1-3H3,(H,11,13). The fourth-order valence-corrected chi connectivity index (χ4v) is 1.76. The quantitative estimate of drug-likeness (QED) is 0.559. The molecule has 0 aliphatic rings. The second kappa shape index (κ2) is 9.89. The molecule has 96 valence electrons. The zero-order valence-electron chi connectivity index (χ0n) is 10.1. The zero-order valence-corrected chi connectivity index (χ0v) is 10.9. The van der Waals surface area contributed by atoms with E-state index in [-0.39, 0.29) is 30.4 Å². The van der Waals surface area contributed by atoms with Crippen LogP contribution in [0, 0.1) is 0 Å². The summed E-state index contributed by atoms with van der Waals surface area (Å²) in [4.78, 5) is 11.4. The first-order valence-corrected chi connectivity index (χ1v) is 6.44. The van der Waals surface area contributed by atoms with Gasteiger partial charge >= 0.3 is 0 Å². The monoisotopic (exact) mass is 251 g/mol. The number of rotatable bonds is 9. The van der Waals surface area contributed by atoms with Gasteiger partial charge in [0.2, 0.25) is 5.91 Å². The lowest BCUT2D eigenvalue weighted by molar-refractivity contribution is -0.126. The summed E-state index contributed by atoms with van der Waals surface area (Å²) in [6.45, 7) is 2.83. The molecule has 0 aliphatic carbocycles. The van der Waals surface area contributed by atoms with Crippen LogP contribution in [-0.4, -0.2) is 62.1 Å². The second-order valence-electron chi connectivity index (χ2n) is 3.36. The molecule has 6 heteroatoms. The number of carbonyl (C=O) groups is 1. The Morgan fingerprint density at radius 3 is 2.69 bits per heavy atom. The van der Waals surface area contributed by atoms with Gasteiger partial charge in [-0.05, 0) is 13.2 Å². The van der Waals surface area contributed by atoms with Crippen molar-refractivity contribution >= 4 is 17.7 Å². The Kier molecular flexibility index (Phi) is 9.71. The first kappa shape index (κ1) is 15.7. The minimum atomic E-state index is -0.170. The third kappa shape index (κ3) is 7.05. The van der Waals surface area contributed by atoms with Gasteiger partial charge in [-0.2, -0.15) is 11.8 Å². The van der Waals surface area contributed by atoms with Crippen LogP contribution < -0.4 is 5.32 Å². The number of hydrogen-bond donors (Lipinski definition) is 2. The molecule has 0 spiro atoms. The van der Waals surface area contributed by atoms with Crippen LogP contribution in [0.1, 0.15) is 6.92 Å². The predicted molar refractivity (Wildman–Crippen MR) is 64.7 cm³/mol. The number of ether oxygens (including phenoxy) is 2. The third-order valence-corrected chi connectivity index (χ3v) is 3.26. The zero-order chi connectivity index (χ0) is 12.4. The van der Waals surface area contributed by atoms with Crippen molar-refractivity contribution in [2.75, 3.05) is 39.8 Å². The van der Waals surface area contributed by atoms with Crippen molar-refractivity contribution in [1.29, 1.82) is 0 Å². The number of thioether (sulfide) groups is 1. The van der Waals surface area contributed by atoms with E-state index in [1.165, 1.54) is 11.8 Å². The summed E-state index contributed by atoms with van der Waals surface area (Å²) >= 11 is 1.53. The van der Waals surface area contributed by atoms with Crippen molar-refractivity contribution in [2.45, 2.75) is 18.2 Å². The maximum Gasteiger partial charge on any atom is 0.246 e. The molecular weight excluding hydrogens is 230 g/mol. The number of methoxy groups -OCH3 is 1. The Balaban J connectivity index is 3.68. The molecule has 2 unspecified atom stereocenters. The molecule has 2 N–H and O–H groups in total. The number of aliphatic hydroxyl groups is 1. The fourth-order valence-electron chi connectivity index (χ4n) is 1.13. The Bertz CT molecular complexity index is 188.